The van der Waals surface area contributed by atoms with Gasteiger partial charge in [-0.2, -0.15) is 0 Å². The Labute approximate surface area is 118 Å². The number of aryl methyl sites for hydroxylation is 1. The molecule has 2 heteroatoms. The SMILES string of the molecule is CCCNCC(C)C(C)Cc1cc(C)ccc1OC. The fourth-order valence-electron chi connectivity index (χ4n) is 2.32. The van der Waals surface area contributed by atoms with E-state index in [0.29, 0.717) is 11.8 Å². The second-order valence-corrected chi connectivity index (χ2v) is 5.68. The molecule has 2 nitrogen and oxygen atoms in total. The molecule has 0 amide bonds. The van der Waals surface area contributed by atoms with Gasteiger partial charge in [0.05, 0.1) is 7.11 Å². The maximum Gasteiger partial charge on any atom is 0.122 e. The van der Waals surface area contributed by atoms with Crippen LogP contribution in [0.5, 0.6) is 5.75 Å². The van der Waals surface area contributed by atoms with Gasteiger partial charge in [0.2, 0.25) is 0 Å². The summed E-state index contributed by atoms with van der Waals surface area (Å²) in [6.07, 6.45) is 2.28. The summed E-state index contributed by atoms with van der Waals surface area (Å²) in [5.41, 5.74) is 2.64. The number of rotatable bonds is 8. The molecule has 19 heavy (non-hydrogen) atoms. The summed E-state index contributed by atoms with van der Waals surface area (Å²) >= 11 is 0. The quantitative estimate of drug-likeness (QED) is 0.720. The molecule has 0 aliphatic carbocycles. The largest absolute Gasteiger partial charge is 0.496 e. The highest BCUT2D eigenvalue weighted by Crippen LogP contribution is 2.25. The molecule has 2 unspecified atom stereocenters. The fraction of sp³-hybridized carbons (Fsp3) is 0.647. The van der Waals surface area contributed by atoms with Crippen molar-refractivity contribution in [1.82, 2.24) is 5.32 Å². The van der Waals surface area contributed by atoms with Gasteiger partial charge in [-0.25, -0.2) is 0 Å². The van der Waals surface area contributed by atoms with Gasteiger partial charge in [0, 0.05) is 0 Å². The first kappa shape index (κ1) is 16.0. The van der Waals surface area contributed by atoms with Gasteiger partial charge in [-0.15, -0.1) is 0 Å². The third-order valence-electron chi connectivity index (χ3n) is 3.84. The third kappa shape index (κ3) is 5.23. The molecule has 1 aromatic carbocycles. The molecule has 0 saturated carbocycles. The zero-order valence-electron chi connectivity index (χ0n) is 13.1. The van der Waals surface area contributed by atoms with Crippen molar-refractivity contribution in [2.45, 2.75) is 40.5 Å². The van der Waals surface area contributed by atoms with Gasteiger partial charge in [-0.1, -0.05) is 38.5 Å². The fourth-order valence-corrected chi connectivity index (χ4v) is 2.32. The predicted octanol–water partition coefficient (Wildman–Crippen LogP) is 3.82. The minimum absolute atomic E-state index is 0.653. The first-order valence-electron chi connectivity index (χ1n) is 7.42. The van der Waals surface area contributed by atoms with Crippen molar-refractivity contribution in [1.29, 1.82) is 0 Å². The third-order valence-corrected chi connectivity index (χ3v) is 3.84. The minimum Gasteiger partial charge on any atom is -0.496 e. The molecule has 0 heterocycles. The lowest BCUT2D eigenvalue weighted by atomic mass is 9.89. The zero-order valence-corrected chi connectivity index (χ0v) is 13.1. The van der Waals surface area contributed by atoms with Crippen molar-refractivity contribution in [2.24, 2.45) is 11.8 Å². The molecule has 108 valence electrons. The highest BCUT2D eigenvalue weighted by molar-refractivity contribution is 5.37. The number of hydrogen-bond donors (Lipinski definition) is 1. The monoisotopic (exact) mass is 263 g/mol. The second kappa shape index (κ2) is 8.21. The van der Waals surface area contributed by atoms with Gasteiger partial charge in [0.15, 0.2) is 0 Å². The molecule has 0 aliphatic rings. The van der Waals surface area contributed by atoms with E-state index < -0.39 is 0 Å². The molecule has 1 aromatic rings. The van der Waals surface area contributed by atoms with Crippen molar-refractivity contribution in [3.63, 3.8) is 0 Å². The molecule has 0 radical (unpaired) electrons. The van der Waals surface area contributed by atoms with E-state index in [-0.39, 0.29) is 0 Å². The Morgan fingerprint density at radius 3 is 2.58 bits per heavy atom. The van der Waals surface area contributed by atoms with Crippen LogP contribution < -0.4 is 10.1 Å². The van der Waals surface area contributed by atoms with Crippen LogP contribution in [0.1, 0.15) is 38.3 Å². The topological polar surface area (TPSA) is 21.3 Å². The van der Waals surface area contributed by atoms with Crippen LogP contribution in [-0.4, -0.2) is 20.2 Å². The van der Waals surface area contributed by atoms with E-state index in [1.165, 1.54) is 17.5 Å². The second-order valence-electron chi connectivity index (χ2n) is 5.68. The Hall–Kier alpha value is -1.02. The molecule has 1 rings (SSSR count). The number of hydrogen-bond acceptors (Lipinski definition) is 2. The van der Waals surface area contributed by atoms with Crippen LogP contribution in [0.25, 0.3) is 0 Å². The summed E-state index contributed by atoms with van der Waals surface area (Å²) in [5, 5.41) is 3.51. The van der Waals surface area contributed by atoms with E-state index in [1.807, 2.05) is 0 Å². The molecule has 0 fully saturated rings. The standard InChI is InChI=1S/C17H29NO/c1-6-9-18-12-15(4)14(3)11-16-10-13(2)7-8-17(16)19-5/h7-8,10,14-15,18H,6,9,11-12H2,1-5H3. The number of nitrogens with one attached hydrogen (secondary N) is 1. The van der Waals surface area contributed by atoms with Crippen LogP contribution in [-0.2, 0) is 6.42 Å². The molecule has 0 aliphatic heterocycles. The van der Waals surface area contributed by atoms with Crippen LogP contribution in [0.3, 0.4) is 0 Å². The molecule has 0 spiro atoms. The van der Waals surface area contributed by atoms with Crippen molar-refractivity contribution >= 4 is 0 Å². The Bertz CT molecular complexity index is 376. The molecule has 0 saturated heterocycles. The van der Waals surface area contributed by atoms with Gasteiger partial charge in [0.25, 0.3) is 0 Å². The molecule has 0 bridgehead atoms. The zero-order chi connectivity index (χ0) is 14.3. The lowest BCUT2D eigenvalue weighted by molar-refractivity contribution is 0.355. The van der Waals surface area contributed by atoms with Crippen LogP contribution in [0.2, 0.25) is 0 Å². The highest BCUT2D eigenvalue weighted by atomic mass is 16.5. The lowest BCUT2D eigenvalue weighted by Gasteiger charge is -2.21. The molecular weight excluding hydrogens is 234 g/mol. The number of methoxy groups -OCH3 is 1. The van der Waals surface area contributed by atoms with E-state index in [9.17, 15) is 0 Å². The van der Waals surface area contributed by atoms with Crippen molar-refractivity contribution < 1.29 is 4.74 Å². The minimum atomic E-state index is 0.653. The Kier molecular flexibility index (Phi) is 6.93. The van der Waals surface area contributed by atoms with Gasteiger partial charge < -0.3 is 10.1 Å². The van der Waals surface area contributed by atoms with E-state index >= 15 is 0 Å². The van der Waals surface area contributed by atoms with E-state index in [0.717, 1.165) is 25.3 Å². The van der Waals surface area contributed by atoms with Crippen LogP contribution in [0.4, 0.5) is 0 Å². The average Bonchev–Trinajstić information content (AvgIpc) is 2.39. The lowest BCUT2D eigenvalue weighted by Crippen LogP contribution is -2.26. The van der Waals surface area contributed by atoms with Gasteiger partial charge >= 0.3 is 0 Å². The van der Waals surface area contributed by atoms with E-state index in [2.05, 4.69) is 51.2 Å². The van der Waals surface area contributed by atoms with E-state index in [1.54, 1.807) is 7.11 Å². The van der Waals surface area contributed by atoms with Gasteiger partial charge in [-0.3, -0.25) is 0 Å². The first-order chi connectivity index (χ1) is 9.08. The van der Waals surface area contributed by atoms with Crippen LogP contribution in [0, 0.1) is 18.8 Å². The smallest absolute Gasteiger partial charge is 0.122 e. The predicted molar refractivity (Wildman–Crippen MR) is 82.9 cm³/mol. The molecular formula is C17H29NO. The highest BCUT2D eigenvalue weighted by Gasteiger charge is 2.15. The number of benzene rings is 1. The summed E-state index contributed by atoms with van der Waals surface area (Å²) in [4.78, 5) is 0. The maximum absolute atomic E-state index is 5.46. The van der Waals surface area contributed by atoms with Crippen molar-refractivity contribution in [2.75, 3.05) is 20.2 Å². The maximum atomic E-state index is 5.46. The summed E-state index contributed by atoms with van der Waals surface area (Å²) in [7, 11) is 1.76. The molecule has 0 aromatic heterocycles. The summed E-state index contributed by atoms with van der Waals surface area (Å²) < 4.78 is 5.46. The summed E-state index contributed by atoms with van der Waals surface area (Å²) in [5.74, 6) is 2.35. The Morgan fingerprint density at radius 2 is 1.95 bits per heavy atom. The van der Waals surface area contributed by atoms with Gasteiger partial charge in [0.1, 0.15) is 5.75 Å². The van der Waals surface area contributed by atoms with Crippen LogP contribution in [0.15, 0.2) is 18.2 Å². The first-order valence-corrected chi connectivity index (χ1v) is 7.42. The molecule has 2 atom stereocenters. The van der Waals surface area contributed by atoms with Crippen molar-refractivity contribution in [3.05, 3.63) is 29.3 Å². The Balaban J connectivity index is 2.60. The number of ether oxygens (including phenoxy) is 1. The summed E-state index contributed by atoms with van der Waals surface area (Å²) in [6.45, 7) is 11.2. The average molecular weight is 263 g/mol. The van der Waals surface area contributed by atoms with Gasteiger partial charge in [-0.05, 0) is 56.3 Å². The van der Waals surface area contributed by atoms with Crippen molar-refractivity contribution in [3.8, 4) is 5.75 Å². The Morgan fingerprint density at radius 1 is 1.21 bits per heavy atom. The summed E-state index contributed by atoms with van der Waals surface area (Å²) in [6, 6.07) is 6.44. The molecule has 1 N–H and O–H groups in total. The van der Waals surface area contributed by atoms with E-state index in [4.69, 9.17) is 4.74 Å². The van der Waals surface area contributed by atoms with Crippen LogP contribution >= 0.6 is 0 Å². The normalized spacial score (nSPS) is 14.2.